The Morgan fingerprint density at radius 1 is 1.28 bits per heavy atom. The van der Waals surface area contributed by atoms with E-state index in [1.165, 1.54) is 0 Å². The third-order valence-electron chi connectivity index (χ3n) is 3.22. The summed E-state index contributed by atoms with van der Waals surface area (Å²) in [7, 11) is 0. The van der Waals surface area contributed by atoms with Crippen LogP contribution < -0.4 is 16.6 Å². The van der Waals surface area contributed by atoms with Crippen LogP contribution in [0.25, 0.3) is 0 Å². The van der Waals surface area contributed by atoms with Crippen molar-refractivity contribution in [2.75, 3.05) is 17.3 Å². The van der Waals surface area contributed by atoms with Crippen molar-refractivity contribution in [3.05, 3.63) is 11.4 Å². The van der Waals surface area contributed by atoms with Crippen molar-refractivity contribution in [1.82, 2.24) is 9.97 Å². The van der Waals surface area contributed by atoms with E-state index in [0.717, 1.165) is 30.8 Å². The van der Waals surface area contributed by atoms with Gasteiger partial charge >= 0.3 is 0 Å². The van der Waals surface area contributed by atoms with Crippen molar-refractivity contribution in [2.45, 2.75) is 45.8 Å². The van der Waals surface area contributed by atoms with E-state index >= 15 is 0 Å². The second kappa shape index (κ2) is 5.49. The number of nitrogens with two attached hydrogens (primary N) is 1. The Hall–Kier alpha value is -1.40. The highest BCUT2D eigenvalue weighted by molar-refractivity contribution is 5.57. The molecule has 6 heteroatoms. The number of nitrogens with zero attached hydrogens (tertiary/aromatic N) is 2. The summed E-state index contributed by atoms with van der Waals surface area (Å²) in [5.74, 6) is 7.69. The van der Waals surface area contributed by atoms with Gasteiger partial charge in [0.05, 0.1) is 6.10 Å². The summed E-state index contributed by atoms with van der Waals surface area (Å²) in [6.07, 6.45) is 2.29. The highest BCUT2D eigenvalue weighted by Gasteiger charge is 2.20. The Kier molecular flexibility index (Phi) is 3.98. The highest BCUT2D eigenvalue weighted by Crippen LogP contribution is 2.23. The molecule has 0 aromatic carbocycles. The lowest BCUT2D eigenvalue weighted by atomic mass is 10.0. The summed E-state index contributed by atoms with van der Waals surface area (Å²) < 4.78 is 5.54. The van der Waals surface area contributed by atoms with E-state index in [1.807, 2.05) is 13.8 Å². The zero-order valence-corrected chi connectivity index (χ0v) is 11.2. The van der Waals surface area contributed by atoms with Crippen molar-refractivity contribution in [1.29, 1.82) is 0 Å². The SMILES string of the molecule is Cc1nc(NN)c(C)c(NC2CCOC(C)C2)n1. The molecule has 2 heterocycles. The molecule has 0 bridgehead atoms. The molecular formula is C12H21N5O. The lowest BCUT2D eigenvalue weighted by Gasteiger charge is -2.29. The van der Waals surface area contributed by atoms with Crippen molar-refractivity contribution in [3.8, 4) is 0 Å². The fourth-order valence-corrected chi connectivity index (χ4v) is 2.23. The monoisotopic (exact) mass is 251 g/mol. The molecule has 100 valence electrons. The second-order valence-electron chi connectivity index (χ2n) is 4.78. The van der Waals surface area contributed by atoms with Crippen molar-refractivity contribution >= 4 is 11.6 Å². The molecule has 1 fully saturated rings. The molecule has 2 unspecified atom stereocenters. The molecule has 1 aromatic rings. The molecule has 1 aliphatic heterocycles. The van der Waals surface area contributed by atoms with E-state index in [4.69, 9.17) is 10.6 Å². The molecule has 0 amide bonds. The molecular weight excluding hydrogens is 230 g/mol. The van der Waals surface area contributed by atoms with Gasteiger partial charge in [0.2, 0.25) is 0 Å². The molecule has 0 aliphatic carbocycles. The van der Waals surface area contributed by atoms with Crippen LogP contribution in [0, 0.1) is 13.8 Å². The van der Waals surface area contributed by atoms with Gasteiger partial charge in [-0.25, -0.2) is 15.8 Å². The Morgan fingerprint density at radius 2 is 2.00 bits per heavy atom. The van der Waals surface area contributed by atoms with Crippen molar-refractivity contribution in [2.24, 2.45) is 5.84 Å². The largest absolute Gasteiger partial charge is 0.378 e. The Bertz CT molecular complexity index is 423. The maximum Gasteiger partial charge on any atom is 0.148 e. The molecule has 4 N–H and O–H groups in total. The Labute approximate surface area is 107 Å². The van der Waals surface area contributed by atoms with Gasteiger partial charge in [0.25, 0.3) is 0 Å². The topological polar surface area (TPSA) is 85.1 Å². The van der Waals surface area contributed by atoms with Gasteiger partial charge in [-0.15, -0.1) is 0 Å². The molecule has 1 aromatic heterocycles. The zero-order valence-electron chi connectivity index (χ0n) is 11.2. The number of ether oxygens (including phenoxy) is 1. The van der Waals surface area contributed by atoms with E-state index in [1.54, 1.807) is 0 Å². The first-order valence-corrected chi connectivity index (χ1v) is 6.30. The van der Waals surface area contributed by atoms with Gasteiger partial charge in [-0.1, -0.05) is 0 Å². The van der Waals surface area contributed by atoms with E-state index < -0.39 is 0 Å². The van der Waals surface area contributed by atoms with E-state index in [-0.39, 0.29) is 0 Å². The predicted octanol–water partition coefficient (Wildman–Crippen LogP) is 1.36. The number of nitrogens with one attached hydrogen (secondary N) is 2. The molecule has 2 rings (SSSR count). The number of hydrogen-bond donors (Lipinski definition) is 3. The lowest BCUT2D eigenvalue weighted by molar-refractivity contribution is 0.0231. The van der Waals surface area contributed by atoms with Crippen LogP contribution in [-0.4, -0.2) is 28.7 Å². The Balaban J connectivity index is 2.15. The smallest absolute Gasteiger partial charge is 0.148 e. The Morgan fingerprint density at radius 3 is 2.67 bits per heavy atom. The van der Waals surface area contributed by atoms with Gasteiger partial charge < -0.3 is 15.5 Å². The zero-order chi connectivity index (χ0) is 13.1. The van der Waals surface area contributed by atoms with Crippen LogP contribution in [0.4, 0.5) is 11.6 Å². The number of aryl methyl sites for hydroxylation is 1. The van der Waals surface area contributed by atoms with Gasteiger partial charge in [0.1, 0.15) is 17.5 Å². The first-order valence-electron chi connectivity index (χ1n) is 6.30. The standard InChI is InChI=1S/C12H21N5O/c1-7-6-10(4-5-18-7)16-11-8(2)12(17-13)15-9(3)14-11/h7,10H,4-6,13H2,1-3H3,(H2,14,15,16,17). The normalized spacial score (nSPS) is 23.8. The quantitative estimate of drug-likeness (QED) is 0.555. The third-order valence-corrected chi connectivity index (χ3v) is 3.22. The number of aromatic nitrogens is 2. The number of anilines is 2. The minimum Gasteiger partial charge on any atom is -0.378 e. The molecule has 1 saturated heterocycles. The van der Waals surface area contributed by atoms with E-state index in [9.17, 15) is 0 Å². The van der Waals surface area contributed by atoms with Crippen LogP contribution in [0.1, 0.15) is 31.2 Å². The van der Waals surface area contributed by atoms with Crippen LogP contribution in [0.5, 0.6) is 0 Å². The van der Waals surface area contributed by atoms with Crippen molar-refractivity contribution < 1.29 is 4.74 Å². The summed E-state index contributed by atoms with van der Waals surface area (Å²) in [4.78, 5) is 8.69. The summed E-state index contributed by atoms with van der Waals surface area (Å²) >= 11 is 0. The average Bonchev–Trinajstić information content (AvgIpc) is 2.33. The van der Waals surface area contributed by atoms with E-state index in [2.05, 4.69) is 27.6 Å². The fraction of sp³-hybridized carbons (Fsp3) is 0.667. The predicted molar refractivity (Wildman–Crippen MR) is 71.4 cm³/mol. The number of hydrazine groups is 1. The van der Waals surface area contributed by atoms with Crippen LogP contribution in [0.3, 0.4) is 0 Å². The van der Waals surface area contributed by atoms with Crippen LogP contribution in [0.15, 0.2) is 0 Å². The molecule has 2 atom stereocenters. The first kappa shape index (κ1) is 13.0. The molecule has 0 spiro atoms. The van der Waals surface area contributed by atoms with Crippen LogP contribution in [0.2, 0.25) is 0 Å². The molecule has 18 heavy (non-hydrogen) atoms. The second-order valence-corrected chi connectivity index (χ2v) is 4.78. The minimum absolute atomic E-state index is 0.298. The van der Waals surface area contributed by atoms with Gasteiger partial charge in [-0.05, 0) is 33.6 Å². The number of nitrogen functional groups attached to an aromatic ring is 1. The molecule has 6 nitrogen and oxygen atoms in total. The third kappa shape index (κ3) is 2.88. The lowest BCUT2D eigenvalue weighted by Crippen LogP contribution is -2.33. The number of rotatable bonds is 3. The van der Waals surface area contributed by atoms with Gasteiger partial charge in [0.15, 0.2) is 0 Å². The average molecular weight is 251 g/mol. The van der Waals surface area contributed by atoms with Crippen LogP contribution >= 0.6 is 0 Å². The minimum atomic E-state index is 0.298. The van der Waals surface area contributed by atoms with Gasteiger partial charge in [-0.2, -0.15) is 0 Å². The maximum atomic E-state index is 5.54. The van der Waals surface area contributed by atoms with Gasteiger partial charge in [0, 0.05) is 18.2 Å². The molecule has 1 aliphatic rings. The van der Waals surface area contributed by atoms with Crippen LogP contribution in [-0.2, 0) is 4.74 Å². The molecule has 0 saturated carbocycles. The molecule has 0 radical (unpaired) electrons. The summed E-state index contributed by atoms with van der Waals surface area (Å²) in [6, 6.07) is 0.396. The maximum absolute atomic E-state index is 5.54. The number of hydrogen-bond acceptors (Lipinski definition) is 6. The summed E-state index contributed by atoms with van der Waals surface area (Å²) in [5.41, 5.74) is 3.55. The summed E-state index contributed by atoms with van der Waals surface area (Å²) in [5, 5.41) is 3.47. The summed E-state index contributed by atoms with van der Waals surface area (Å²) in [6.45, 7) is 6.71. The fourth-order valence-electron chi connectivity index (χ4n) is 2.23. The van der Waals surface area contributed by atoms with Crippen molar-refractivity contribution in [3.63, 3.8) is 0 Å². The van der Waals surface area contributed by atoms with E-state index in [0.29, 0.717) is 23.8 Å². The van der Waals surface area contributed by atoms with Gasteiger partial charge in [-0.3, -0.25) is 0 Å². The highest BCUT2D eigenvalue weighted by atomic mass is 16.5. The first-order chi connectivity index (χ1) is 8.60.